The molecule has 0 aromatic rings. The summed E-state index contributed by atoms with van der Waals surface area (Å²) >= 11 is 0. The van der Waals surface area contributed by atoms with Crippen LogP contribution in [0.3, 0.4) is 0 Å². The second kappa shape index (κ2) is 4.25. The molecule has 0 aromatic carbocycles. The van der Waals surface area contributed by atoms with Crippen molar-refractivity contribution in [2.24, 2.45) is 0 Å². The molecule has 0 bridgehead atoms. The maximum Gasteiger partial charge on any atom is 0.417 e. The van der Waals surface area contributed by atoms with Crippen molar-refractivity contribution >= 4 is 12.0 Å². The number of rotatable bonds is 1. The Kier molecular flexibility index (Phi) is 3.38. The van der Waals surface area contributed by atoms with Gasteiger partial charge in [0.15, 0.2) is 0 Å². The van der Waals surface area contributed by atoms with Gasteiger partial charge in [-0.2, -0.15) is 0 Å². The minimum absolute atomic E-state index is 0.458. The van der Waals surface area contributed by atoms with E-state index in [1.165, 1.54) is 19.1 Å². The summed E-state index contributed by atoms with van der Waals surface area (Å²) in [7, 11) is 0. The monoisotopic (exact) mass is 227 g/mol. The molecule has 0 saturated carbocycles. The van der Waals surface area contributed by atoms with Gasteiger partial charge in [0.1, 0.15) is 5.60 Å². The maximum atomic E-state index is 11.7. The molecule has 1 aliphatic rings. The molecule has 16 heavy (non-hydrogen) atoms. The molecular weight excluding hydrogens is 210 g/mol. The van der Waals surface area contributed by atoms with Crippen LogP contribution in [0.4, 0.5) is 4.79 Å². The first-order valence-corrected chi connectivity index (χ1v) is 5.15. The first kappa shape index (κ1) is 12.7. The molecule has 5 heteroatoms. The van der Waals surface area contributed by atoms with Crippen LogP contribution < -0.4 is 0 Å². The summed E-state index contributed by atoms with van der Waals surface area (Å²) in [5.74, 6) is -0.458. The fourth-order valence-electron chi connectivity index (χ4n) is 1.39. The highest BCUT2D eigenvalue weighted by Crippen LogP contribution is 2.19. The number of aliphatic hydroxyl groups is 1. The average Bonchev–Trinajstić information content (AvgIpc) is 2.43. The van der Waals surface area contributed by atoms with Crippen LogP contribution in [-0.4, -0.2) is 39.8 Å². The van der Waals surface area contributed by atoms with Crippen molar-refractivity contribution in [1.82, 2.24) is 4.90 Å². The Morgan fingerprint density at radius 3 is 2.56 bits per heavy atom. The predicted octanol–water partition coefficient (Wildman–Crippen LogP) is 1.07. The van der Waals surface area contributed by atoms with Crippen molar-refractivity contribution in [2.75, 3.05) is 0 Å². The van der Waals surface area contributed by atoms with Crippen LogP contribution in [0.15, 0.2) is 12.2 Å². The molecule has 90 valence electrons. The van der Waals surface area contributed by atoms with Crippen molar-refractivity contribution in [1.29, 1.82) is 0 Å². The molecule has 0 spiro atoms. The summed E-state index contributed by atoms with van der Waals surface area (Å²) in [5.41, 5.74) is -0.663. The molecule has 5 nitrogen and oxygen atoms in total. The number of ether oxygens (including phenoxy) is 1. The van der Waals surface area contributed by atoms with Crippen LogP contribution >= 0.6 is 0 Å². The molecule has 0 aliphatic carbocycles. The highest BCUT2D eigenvalue weighted by molar-refractivity contribution is 6.01. The molecule has 1 N–H and O–H groups in total. The normalized spacial score (nSPS) is 22.4. The lowest BCUT2D eigenvalue weighted by atomic mass is 10.2. The minimum Gasteiger partial charge on any atom is -0.443 e. The van der Waals surface area contributed by atoms with Crippen LogP contribution in [0.2, 0.25) is 0 Å². The fourth-order valence-corrected chi connectivity index (χ4v) is 1.39. The van der Waals surface area contributed by atoms with Crippen LogP contribution in [0.1, 0.15) is 27.7 Å². The van der Waals surface area contributed by atoms with Crippen LogP contribution in [-0.2, 0) is 9.53 Å². The molecule has 1 rings (SSSR count). The van der Waals surface area contributed by atoms with E-state index in [1.807, 2.05) is 0 Å². The van der Waals surface area contributed by atoms with E-state index in [9.17, 15) is 14.7 Å². The van der Waals surface area contributed by atoms with Crippen molar-refractivity contribution in [2.45, 2.75) is 45.4 Å². The van der Waals surface area contributed by atoms with E-state index >= 15 is 0 Å². The molecular formula is C11H17NO4. The predicted molar refractivity (Wildman–Crippen MR) is 57.7 cm³/mol. The van der Waals surface area contributed by atoms with E-state index in [-0.39, 0.29) is 0 Å². The number of carbonyl (C=O) groups excluding carboxylic acids is 2. The van der Waals surface area contributed by atoms with Gasteiger partial charge in [-0.15, -0.1) is 0 Å². The molecule has 0 unspecified atom stereocenters. The summed E-state index contributed by atoms with van der Waals surface area (Å²) in [6.45, 7) is 6.67. The quantitative estimate of drug-likeness (QED) is 0.727. The lowest BCUT2D eigenvalue weighted by Gasteiger charge is -2.28. The maximum absolute atomic E-state index is 11.7. The SMILES string of the molecule is C[C@@H](O)[C@@H]1C=CC(=O)N1C(=O)OC(C)(C)C. The Morgan fingerprint density at radius 2 is 2.12 bits per heavy atom. The third kappa shape index (κ3) is 2.82. The van der Waals surface area contributed by atoms with E-state index in [4.69, 9.17) is 4.74 Å². The van der Waals surface area contributed by atoms with Crippen molar-refractivity contribution in [3.05, 3.63) is 12.2 Å². The summed E-state index contributed by atoms with van der Waals surface area (Å²) < 4.78 is 5.09. The van der Waals surface area contributed by atoms with Gasteiger partial charge in [0.25, 0.3) is 5.91 Å². The summed E-state index contributed by atoms with van der Waals surface area (Å²) in [4.78, 5) is 24.1. The summed E-state index contributed by atoms with van der Waals surface area (Å²) in [5, 5.41) is 9.43. The molecule has 0 radical (unpaired) electrons. The molecule has 0 aromatic heterocycles. The number of carbonyl (C=O) groups is 2. The van der Waals surface area contributed by atoms with Crippen LogP contribution in [0, 0.1) is 0 Å². The number of hydrogen-bond acceptors (Lipinski definition) is 4. The summed E-state index contributed by atoms with van der Waals surface area (Å²) in [6.07, 6.45) is 1.22. The Hall–Kier alpha value is -1.36. The Balaban J connectivity index is 2.78. The summed E-state index contributed by atoms with van der Waals surface area (Å²) in [6, 6.07) is -0.637. The molecule has 0 saturated heterocycles. The minimum atomic E-state index is -0.810. The number of aliphatic hydroxyl groups excluding tert-OH is 1. The van der Waals surface area contributed by atoms with Gasteiger partial charge >= 0.3 is 6.09 Å². The second-order valence-corrected chi connectivity index (χ2v) is 4.78. The van der Waals surface area contributed by atoms with Crippen molar-refractivity contribution in [3.8, 4) is 0 Å². The highest BCUT2D eigenvalue weighted by atomic mass is 16.6. The first-order valence-electron chi connectivity index (χ1n) is 5.15. The van der Waals surface area contributed by atoms with E-state index < -0.39 is 29.7 Å². The van der Waals surface area contributed by atoms with E-state index in [1.54, 1.807) is 20.8 Å². The average molecular weight is 227 g/mol. The molecule has 1 aliphatic heterocycles. The zero-order valence-corrected chi connectivity index (χ0v) is 9.93. The second-order valence-electron chi connectivity index (χ2n) is 4.78. The van der Waals surface area contributed by atoms with Gasteiger partial charge in [0.2, 0.25) is 0 Å². The van der Waals surface area contributed by atoms with Gasteiger partial charge in [-0.3, -0.25) is 4.79 Å². The Morgan fingerprint density at radius 1 is 1.56 bits per heavy atom. The highest BCUT2D eigenvalue weighted by Gasteiger charge is 2.37. The van der Waals surface area contributed by atoms with Gasteiger partial charge in [-0.25, -0.2) is 9.69 Å². The van der Waals surface area contributed by atoms with Gasteiger partial charge < -0.3 is 9.84 Å². The van der Waals surface area contributed by atoms with Gasteiger partial charge in [-0.05, 0) is 27.7 Å². The van der Waals surface area contributed by atoms with Gasteiger partial charge in [-0.1, -0.05) is 6.08 Å². The zero-order valence-electron chi connectivity index (χ0n) is 9.93. The fraction of sp³-hybridized carbons (Fsp3) is 0.636. The first-order chi connectivity index (χ1) is 7.22. The van der Waals surface area contributed by atoms with Crippen LogP contribution in [0.5, 0.6) is 0 Å². The third-order valence-electron chi connectivity index (χ3n) is 2.06. The largest absolute Gasteiger partial charge is 0.443 e. The van der Waals surface area contributed by atoms with E-state index in [2.05, 4.69) is 0 Å². The van der Waals surface area contributed by atoms with Gasteiger partial charge in [0.05, 0.1) is 12.1 Å². The molecule has 2 atom stereocenters. The van der Waals surface area contributed by atoms with Crippen LogP contribution in [0.25, 0.3) is 0 Å². The molecule has 0 fully saturated rings. The lowest BCUT2D eigenvalue weighted by molar-refractivity contribution is -0.126. The number of hydrogen-bond donors (Lipinski definition) is 1. The van der Waals surface area contributed by atoms with E-state index in [0.29, 0.717) is 0 Å². The Labute approximate surface area is 94.7 Å². The van der Waals surface area contributed by atoms with E-state index in [0.717, 1.165) is 4.90 Å². The van der Waals surface area contributed by atoms with Crippen molar-refractivity contribution < 1.29 is 19.4 Å². The van der Waals surface area contributed by atoms with Gasteiger partial charge in [0, 0.05) is 6.08 Å². The number of imide groups is 1. The number of nitrogens with zero attached hydrogens (tertiary/aromatic N) is 1. The van der Waals surface area contributed by atoms with Crippen molar-refractivity contribution in [3.63, 3.8) is 0 Å². The third-order valence-corrected chi connectivity index (χ3v) is 2.06. The Bertz CT molecular complexity index is 327. The molecule has 2 amide bonds. The lowest BCUT2D eigenvalue weighted by Crippen LogP contribution is -2.46. The smallest absolute Gasteiger partial charge is 0.417 e. The number of amides is 2. The zero-order chi connectivity index (χ0) is 12.5. The topological polar surface area (TPSA) is 66.8 Å². The molecule has 1 heterocycles. The standard InChI is InChI=1S/C11H17NO4/c1-7(13)8-5-6-9(14)12(8)10(15)16-11(2,3)4/h5-8,13H,1-4H3/t7-,8+/m1/s1.